The summed E-state index contributed by atoms with van der Waals surface area (Å²) < 4.78 is 39.4. The molecule has 1 saturated heterocycles. The molecule has 4 atom stereocenters. The first-order valence-corrected chi connectivity index (χ1v) is 13.1. The average molecular weight is 513 g/mol. The Hall–Kier alpha value is -3.35. The maximum atomic E-state index is 13.7. The quantitative estimate of drug-likeness (QED) is 0.224. The van der Waals surface area contributed by atoms with E-state index in [9.17, 15) is 4.39 Å². The van der Waals surface area contributed by atoms with Gasteiger partial charge in [0, 0.05) is 5.92 Å². The topological polar surface area (TPSA) is 36.9 Å². The molecule has 0 aliphatic carbocycles. The predicted octanol–water partition coefficient (Wildman–Crippen LogP) is 6.70. The fraction of sp³-hybridized carbons (Fsp3) is 0.273. The van der Waals surface area contributed by atoms with Crippen LogP contribution >= 0.6 is 0 Å². The van der Waals surface area contributed by atoms with Crippen LogP contribution in [0.25, 0.3) is 0 Å². The third kappa shape index (κ3) is 7.15. The third-order valence-electron chi connectivity index (χ3n) is 6.84. The maximum absolute atomic E-state index is 13.7. The largest absolute Gasteiger partial charge is 0.374 e. The molecule has 196 valence electrons. The van der Waals surface area contributed by atoms with Crippen LogP contribution in [0.2, 0.25) is 0 Å². The second-order valence-electron chi connectivity index (χ2n) is 9.55. The summed E-state index contributed by atoms with van der Waals surface area (Å²) in [4.78, 5) is 0. The molecule has 1 fully saturated rings. The van der Waals surface area contributed by atoms with Crippen molar-refractivity contribution in [2.45, 2.75) is 44.1 Å². The third-order valence-corrected chi connectivity index (χ3v) is 6.84. The second-order valence-corrected chi connectivity index (χ2v) is 9.55. The molecule has 5 rings (SSSR count). The molecule has 0 unspecified atom stereocenters. The summed E-state index contributed by atoms with van der Waals surface area (Å²) in [6.07, 6.45) is -1.03. The molecule has 0 amide bonds. The fourth-order valence-electron chi connectivity index (χ4n) is 4.81. The molecule has 0 bridgehead atoms. The molecule has 0 spiro atoms. The molecule has 4 aromatic carbocycles. The van der Waals surface area contributed by atoms with Gasteiger partial charge in [-0.2, -0.15) is 0 Å². The zero-order valence-corrected chi connectivity index (χ0v) is 21.3. The summed E-state index contributed by atoms with van der Waals surface area (Å²) in [6, 6.07) is 36.8. The van der Waals surface area contributed by atoms with Gasteiger partial charge in [0.05, 0.1) is 39.1 Å². The first-order valence-electron chi connectivity index (χ1n) is 13.1. The number of benzene rings is 4. The Kier molecular flexibility index (Phi) is 9.29. The minimum Gasteiger partial charge on any atom is -0.374 e. The van der Waals surface area contributed by atoms with E-state index in [4.69, 9.17) is 18.9 Å². The van der Waals surface area contributed by atoms with E-state index < -0.39 is 6.10 Å². The van der Waals surface area contributed by atoms with Crippen molar-refractivity contribution in [2.24, 2.45) is 0 Å². The standard InChI is InChI=1S/C33H33FO4/c34-29-18-16-28(17-19-29)30-23-36-31(24-35-20-25-10-4-1-5-11-25)33(38-22-27-14-8-3-9-15-27)32(30)37-21-26-12-6-2-7-13-26/h1-19,30-33H,20-24H2/t30-,31+,32+,33-/m0/s1. The van der Waals surface area contributed by atoms with Crippen molar-refractivity contribution < 1.29 is 23.3 Å². The number of hydrogen-bond acceptors (Lipinski definition) is 4. The lowest BCUT2D eigenvalue weighted by molar-refractivity contribution is -0.206. The summed E-state index contributed by atoms with van der Waals surface area (Å²) in [5.41, 5.74) is 4.21. The second kappa shape index (κ2) is 13.4. The fourth-order valence-corrected chi connectivity index (χ4v) is 4.81. The van der Waals surface area contributed by atoms with E-state index in [2.05, 4.69) is 0 Å². The molecule has 38 heavy (non-hydrogen) atoms. The van der Waals surface area contributed by atoms with Crippen molar-refractivity contribution in [1.82, 2.24) is 0 Å². The highest BCUT2D eigenvalue weighted by Gasteiger charge is 2.43. The smallest absolute Gasteiger partial charge is 0.123 e. The maximum Gasteiger partial charge on any atom is 0.123 e. The molecule has 0 N–H and O–H groups in total. The van der Waals surface area contributed by atoms with Gasteiger partial charge >= 0.3 is 0 Å². The number of hydrogen-bond donors (Lipinski definition) is 0. The van der Waals surface area contributed by atoms with E-state index in [-0.39, 0.29) is 23.9 Å². The highest BCUT2D eigenvalue weighted by Crippen LogP contribution is 2.34. The van der Waals surface area contributed by atoms with Crippen molar-refractivity contribution in [2.75, 3.05) is 13.2 Å². The minimum absolute atomic E-state index is 0.120. The van der Waals surface area contributed by atoms with Crippen molar-refractivity contribution in [3.63, 3.8) is 0 Å². The van der Waals surface area contributed by atoms with Crippen LogP contribution in [0.3, 0.4) is 0 Å². The van der Waals surface area contributed by atoms with Crippen LogP contribution in [0.1, 0.15) is 28.2 Å². The van der Waals surface area contributed by atoms with Crippen molar-refractivity contribution in [3.8, 4) is 0 Å². The molecule has 0 radical (unpaired) electrons. The lowest BCUT2D eigenvalue weighted by Gasteiger charge is -2.42. The van der Waals surface area contributed by atoms with Gasteiger partial charge in [0.25, 0.3) is 0 Å². The monoisotopic (exact) mass is 512 g/mol. The van der Waals surface area contributed by atoms with E-state index in [0.29, 0.717) is 33.0 Å². The zero-order valence-electron chi connectivity index (χ0n) is 21.3. The summed E-state index contributed by atoms with van der Waals surface area (Å²) in [6.45, 7) is 2.14. The van der Waals surface area contributed by atoms with Crippen LogP contribution in [0, 0.1) is 5.82 Å². The molecular weight excluding hydrogens is 479 g/mol. The molecular formula is C33H33FO4. The Morgan fingerprint density at radius 1 is 0.605 bits per heavy atom. The van der Waals surface area contributed by atoms with Gasteiger partial charge in [-0.15, -0.1) is 0 Å². The van der Waals surface area contributed by atoms with Crippen LogP contribution in [-0.2, 0) is 38.8 Å². The van der Waals surface area contributed by atoms with Crippen LogP contribution in [0.4, 0.5) is 4.39 Å². The van der Waals surface area contributed by atoms with Crippen molar-refractivity contribution in [1.29, 1.82) is 0 Å². The van der Waals surface area contributed by atoms with Crippen LogP contribution < -0.4 is 0 Å². The molecule has 5 heteroatoms. The Morgan fingerprint density at radius 3 is 1.66 bits per heavy atom. The van der Waals surface area contributed by atoms with E-state index in [0.717, 1.165) is 22.3 Å². The van der Waals surface area contributed by atoms with Gasteiger partial charge in [-0.3, -0.25) is 0 Å². The first kappa shape index (κ1) is 26.3. The normalized spacial score (nSPS) is 21.3. The molecule has 1 heterocycles. The number of ether oxygens (including phenoxy) is 4. The molecule has 0 aromatic heterocycles. The zero-order chi connectivity index (χ0) is 26.0. The lowest BCUT2D eigenvalue weighted by atomic mass is 9.86. The highest BCUT2D eigenvalue weighted by atomic mass is 19.1. The minimum atomic E-state index is -0.390. The predicted molar refractivity (Wildman–Crippen MR) is 145 cm³/mol. The van der Waals surface area contributed by atoms with Gasteiger partial charge in [-0.1, -0.05) is 103 Å². The van der Waals surface area contributed by atoms with Crippen molar-refractivity contribution >= 4 is 0 Å². The molecule has 4 aromatic rings. The van der Waals surface area contributed by atoms with Gasteiger partial charge in [0.15, 0.2) is 0 Å². The van der Waals surface area contributed by atoms with Gasteiger partial charge in [0.1, 0.15) is 18.0 Å². The molecule has 1 aliphatic rings. The molecule has 1 aliphatic heterocycles. The van der Waals surface area contributed by atoms with E-state index in [1.54, 1.807) is 0 Å². The van der Waals surface area contributed by atoms with Crippen LogP contribution in [0.5, 0.6) is 0 Å². The van der Waals surface area contributed by atoms with E-state index in [1.165, 1.54) is 12.1 Å². The summed E-state index contributed by atoms with van der Waals surface area (Å²) in [5.74, 6) is -0.387. The Morgan fingerprint density at radius 2 is 1.11 bits per heavy atom. The van der Waals surface area contributed by atoms with E-state index in [1.807, 2.05) is 103 Å². The molecule has 4 nitrogen and oxygen atoms in total. The van der Waals surface area contributed by atoms with Gasteiger partial charge in [-0.05, 0) is 34.4 Å². The Labute approximate surface area is 224 Å². The first-order chi connectivity index (χ1) is 18.8. The van der Waals surface area contributed by atoms with Gasteiger partial charge in [0.2, 0.25) is 0 Å². The number of halogens is 1. The summed E-state index contributed by atoms with van der Waals surface area (Å²) in [5, 5.41) is 0. The van der Waals surface area contributed by atoms with Crippen LogP contribution in [-0.4, -0.2) is 31.5 Å². The Balaban J connectivity index is 1.38. The summed E-state index contributed by atoms with van der Waals surface area (Å²) >= 11 is 0. The molecule has 0 saturated carbocycles. The lowest BCUT2D eigenvalue weighted by Crippen LogP contribution is -2.53. The van der Waals surface area contributed by atoms with E-state index >= 15 is 0 Å². The van der Waals surface area contributed by atoms with Crippen molar-refractivity contribution in [3.05, 3.63) is 143 Å². The van der Waals surface area contributed by atoms with Crippen LogP contribution in [0.15, 0.2) is 115 Å². The average Bonchev–Trinajstić information content (AvgIpc) is 2.97. The SMILES string of the molecule is Fc1ccc([C@@H]2CO[C@H](COCc3ccccc3)[C@H](OCc3ccccc3)[C@@H]2OCc2ccccc2)cc1. The number of rotatable bonds is 11. The Bertz CT molecular complexity index is 1220. The van der Waals surface area contributed by atoms with Gasteiger partial charge in [-0.25, -0.2) is 4.39 Å². The van der Waals surface area contributed by atoms with Gasteiger partial charge < -0.3 is 18.9 Å². The highest BCUT2D eigenvalue weighted by molar-refractivity contribution is 5.24. The summed E-state index contributed by atoms with van der Waals surface area (Å²) in [7, 11) is 0.